The fourth-order valence-corrected chi connectivity index (χ4v) is 7.72. The first-order valence-corrected chi connectivity index (χ1v) is 9.84. The van der Waals surface area contributed by atoms with Crippen LogP contribution in [0.25, 0.3) is 0 Å². The van der Waals surface area contributed by atoms with Crippen molar-refractivity contribution in [1.82, 2.24) is 0 Å². The number of halogens is 1. The van der Waals surface area contributed by atoms with E-state index < -0.39 is 19.8 Å². The van der Waals surface area contributed by atoms with Crippen LogP contribution in [0, 0.1) is 8.98 Å². The quantitative estimate of drug-likeness (QED) is 0.571. The summed E-state index contributed by atoms with van der Waals surface area (Å²) < 4.78 is 3.93. The standard InChI is InChI=1S/C14H20IN/c16-14-11-7-2-1-3-8-12-15(14)13-9-5-4-6-10-13/h4-6,9-10,16H,1-3,7-8,11-12H2. The maximum absolute atomic E-state index is 8.29. The van der Waals surface area contributed by atoms with Crippen molar-refractivity contribution < 1.29 is 0 Å². The first kappa shape index (κ1) is 12.1. The van der Waals surface area contributed by atoms with E-state index in [4.69, 9.17) is 5.41 Å². The van der Waals surface area contributed by atoms with Gasteiger partial charge in [0.25, 0.3) is 0 Å². The van der Waals surface area contributed by atoms with Crippen LogP contribution in [0.15, 0.2) is 30.3 Å². The zero-order chi connectivity index (χ0) is 11.2. The normalized spacial score (nSPS) is 21.0. The molecule has 0 radical (unpaired) electrons. The van der Waals surface area contributed by atoms with Crippen molar-refractivity contribution in [3.8, 4) is 0 Å². The number of hydrogen-bond donors (Lipinski definition) is 1. The molecule has 0 bridgehead atoms. The Morgan fingerprint density at radius 3 is 2.38 bits per heavy atom. The Morgan fingerprint density at radius 1 is 0.875 bits per heavy atom. The van der Waals surface area contributed by atoms with Crippen molar-refractivity contribution >= 4 is 23.5 Å². The van der Waals surface area contributed by atoms with Gasteiger partial charge in [-0.1, -0.05) is 0 Å². The number of rotatable bonds is 1. The summed E-state index contributed by atoms with van der Waals surface area (Å²) in [6.07, 6.45) is 7.77. The van der Waals surface area contributed by atoms with Gasteiger partial charge < -0.3 is 0 Å². The van der Waals surface area contributed by atoms with Crippen molar-refractivity contribution in [2.75, 3.05) is 4.43 Å². The minimum absolute atomic E-state index is 1.07. The molecule has 1 N–H and O–H groups in total. The third-order valence-electron chi connectivity index (χ3n) is 2.99. The molecule has 0 spiro atoms. The summed E-state index contributed by atoms with van der Waals surface area (Å²) in [7, 11) is 0. The van der Waals surface area contributed by atoms with Gasteiger partial charge in [0.15, 0.2) is 0 Å². The van der Waals surface area contributed by atoms with E-state index in [0.29, 0.717) is 0 Å². The van der Waals surface area contributed by atoms with E-state index in [1.165, 1.54) is 40.1 Å². The summed E-state index contributed by atoms with van der Waals surface area (Å²) >= 11 is -1.29. The van der Waals surface area contributed by atoms with Gasteiger partial charge in [0.2, 0.25) is 0 Å². The van der Waals surface area contributed by atoms with E-state index in [-0.39, 0.29) is 0 Å². The van der Waals surface area contributed by atoms with Crippen LogP contribution >= 0.6 is 19.8 Å². The second-order valence-corrected chi connectivity index (χ2v) is 9.96. The Hall–Kier alpha value is -0.380. The van der Waals surface area contributed by atoms with E-state index in [0.717, 1.165) is 10.1 Å². The van der Waals surface area contributed by atoms with Gasteiger partial charge in [-0.25, -0.2) is 0 Å². The fraction of sp³-hybridized carbons (Fsp3) is 0.500. The van der Waals surface area contributed by atoms with Crippen molar-refractivity contribution in [3.05, 3.63) is 33.9 Å². The predicted molar refractivity (Wildman–Crippen MR) is 79.5 cm³/mol. The molecule has 0 amide bonds. The SMILES string of the molecule is N=C1CCCCCCCI1c1ccccc1. The van der Waals surface area contributed by atoms with Crippen molar-refractivity contribution in [3.63, 3.8) is 0 Å². The molecule has 0 aromatic heterocycles. The molecule has 0 atom stereocenters. The summed E-state index contributed by atoms with van der Waals surface area (Å²) in [5.74, 6) is 0. The Labute approximate surface area is 106 Å². The molecule has 1 aliphatic heterocycles. The van der Waals surface area contributed by atoms with E-state index in [9.17, 15) is 0 Å². The monoisotopic (exact) mass is 329 g/mol. The summed E-state index contributed by atoms with van der Waals surface area (Å²) in [6.45, 7) is 0. The molecule has 16 heavy (non-hydrogen) atoms. The van der Waals surface area contributed by atoms with Gasteiger partial charge in [-0.05, 0) is 0 Å². The first-order chi connectivity index (χ1) is 7.88. The molecule has 1 fully saturated rings. The molecule has 1 aromatic rings. The fourth-order valence-electron chi connectivity index (χ4n) is 2.07. The van der Waals surface area contributed by atoms with Gasteiger partial charge in [-0.15, -0.1) is 0 Å². The molecular formula is C14H20IN. The topological polar surface area (TPSA) is 23.9 Å². The van der Waals surface area contributed by atoms with Crippen molar-refractivity contribution in [2.24, 2.45) is 0 Å². The Balaban J connectivity index is 2.12. The Kier molecular flexibility index (Phi) is 4.82. The van der Waals surface area contributed by atoms with Gasteiger partial charge in [0.1, 0.15) is 0 Å². The second kappa shape index (κ2) is 6.38. The van der Waals surface area contributed by atoms with Crippen molar-refractivity contribution in [2.45, 2.75) is 38.5 Å². The van der Waals surface area contributed by atoms with Crippen LogP contribution in [0.1, 0.15) is 38.5 Å². The van der Waals surface area contributed by atoms with Crippen molar-refractivity contribution in [1.29, 1.82) is 5.41 Å². The number of nitrogens with one attached hydrogen (secondary N) is 1. The number of alkyl halides is 1. The van der Waals surface area contributed by atoms with E-state index >= 15 is 0 Å². The van der Waals surface area contributed by atoms with Gasteiger partial charge in [-0.2, -0.15) is 0 Å². The van der Waals surface area contributed by atoms with E-state index in [2.05, 4.69) is 30.3 Å². The molecule has 1 nitrogen and oxygen atoms in total. The second-order valence-electron chi connectivity index (χ2n) is 4.27. The van der Waals surface area contributed by atoms with Crippen LogP contribution in [0.3, 0.4) is 0 Å². The first-order valence-electron chi connectivity index (χ1n) is 6.16. The molecule has 1 aromatic carbocycles. The zero-order valence-corrected chi connectivity index (χ0v) is 11.9. The van der Waals surface area contributed by atoms with Crippen LogP contribution in [0.4, 0.5) is 0 Å². The number of benzene rings is 1. The van der Waals surface area contributed by atoms with Gasteiger partial charge in [0.05, 0.1) is 0 Å². The molecule has 2 rings (SSSR count). The predicted octanol–water partition coefficient (Wildman–Crippen LogP) is 4.69. The van der Waals surface area contributed by atoms with Crippen LogP contribution in [-0.4, -0.2) is 8.15 Å². The molecule has 1 saturated heterocycles. The van der Waals surface area contributed by atoms with Crippen LogP contribution < -0.4 is 0 Å². The van der Waals surface area contributed by atoms with Gasteiger partial charge in [0, 0.05) is 0 Å². The third kappa shape index (κ3) is 3.30. The van der Waals surface area contributed by atoms with Crippen LogP contribution in [0.2, 0.25) is 0 Å². The molecule has 88 valence electrons. The van der Waals surface area contributed by atoms with Crippen LogP contribution in [0.5, 0.6) is 0 Å². The average molecular weight is 329 g/mol. The molecule has 0 aliphatic carbocycles. The molecule has 1 aliphatic rings. The number of hydrogen-bond acceptors (Lipinski definition) is 1. The summed E-state index contributed by atoms with van der Waals surface area (Å²) in [5.41, 5.74) is 0. The summed E-state index contributed by atoms with van der Waals surface area (Å²) in [4.78, 5) is 0. The molecule has 2 heteroatoms. The summed E-state index contributed by atoms with van der Waals surface area (Å²) in [6, 6.07) is 10.8. The molecular weight excluding hydrogens is 309 g/mol. The maximum atomic E-state index is 8.29. The third-order valence-corrected chi connectivity index (χ3v) is 9.17. The molecule has 0 saturated carbocycles. The Bertz CT molecular complexity index is 334. The zero-order valence-electron chi connectivity index (χ0n) is 9.71. The summed E-state index contributed by atoms with van der Waals surface area (Å²) in [5, 5.41) is 8.29. The van der Waals surface area contributed by atoms with Gasteiger partial charge in [-0.3, -0.25) is 0 Å². The van der Waals surface area contributed by atoms with Gasteiger partial charge >= 0.3 is 106 Å². The minimum atomic E-state index is -1.29. The van der Waals surface area contributed by atoms with Crippen LogP contribution in [-0.2, 0) is 0 Å². The molecule has 1 heterocycles. The Morgan fingerprint density at radius 2 is 1.56 bits per heavy atom. The van der Waals surface area contributed by atoms with E-state index in [1.807, 2.05) is 0 Å². The average Bonchev–Trinajstić information content (AvgIpc) is 2.43. The van der Waals surface area contributed by atoms with E-state index in [1.54, 1.807) is 0 Å². The molecule has 0 unspecified atom stereocenters.